The lowest BCUT2D eigenvalue weighted by atomic mass is 10.1. The zero-order valence-electron chi connectivity index (χ0n) is 8.32. The molecule has 1 rings (SSSR count). The Morgan fingerprint density at radius 1 is 1.50 bits per heavy atom. The van der Waals surface area contributed by atoms with Crippen LogP contribution >= 0.6 is 0 Å². The predicted octanol–water partition coefficient (Wildman–Crippen LogP) is 2.44. The third-order valence-corrected chi connectivity index (χ3v) is 2.17. The molecule has 5 heteroatoms. The Labute approximate surface area is 82.7 Å². The van der Waals surface area contributed by atoms with Crippen LogP contribution in [0, 0.1) is 10.1 Å². The van der Waals surface area contributed by atoms with Gasteiger partial charge in [-0.1, -0.05) is 26.2 Å². The predicted molar refractivity (Wildman–Crippen MR) is 53.1 cm³/mol. The highest BCUT2D eigenvalue weighted by Crippen LogP contribution is 2.17. The maximum absolute atomic E-state index is 10.5. The van der Waals surface area contributed by atoms with E-state index in [1.165, 1.54) is 19.0 Å². The first kappa shape index (κ1) is 10.7. The molecule has 0 amide bonds. The van der Waals surface area contributed by atoms with Gasteiger partial charge in [0.25, 0.3) is 0 Å². The zero-order valence-corrected chi connectivity index (χ0v) is 8.32. The number of rotatable bonds is 6. The van der Waals surface area contributed by atoms with Gasteiger partial charge < -0.3 is 0 Å². The van der Waals surface area contributed by atoms with Gasteiger partial charge in [0, 0.05) is 0 Å². The maximum Gasteiger partial charge on any atom is 0.309 e. The third kappa shape index (κ3) is 2.83. The SMILES string of the molecule is CCCCCCc1[nH]ncc1[N+](=O)[O-]. The van der Waals surface area contributed by atoms with Gasteiger partial charge in [-0.2, -0.15) is 5.10 Å². The normalized spacial score (nSPS) is 10.4. The van der Waals surface area contributed by atoms with Gasteiger partial charge in [0.1, 0.15) is 11.9 Å². The molecule has 0 atom stereocenters. The molecule has 78 valence electrons. The Kier molecular flexibility index (Phi) is 4.10. The van der Waals surface area contributed by atoms with E-state index < -0.39 is 4.92 Å². The van der Waals surface area contributed by atoms with Crippen molar-refractivity contribution in [2.24, 2.45) is 0 Å². The van der Waals surface area contributed by atoms with Crippen LogP contribution in [0.1, 0.15) is 38.3 Å². The number of aryl methyl sites for hydroxylation is 1. The molecule has 1 heterocycles. The second-order valence-corrected chi connectivity index (χ2v) is 3.30. The first-order valence-corrected chi connectivity index (χ1v) is 4.92. The number of unbranched alkanes of at least 4 members (excludes halogenated alkanes) is 3. The molecule has 0 saturated heterocycles. The molecular formula is C9H15N3O2. The van der Waals surface area contributed by atoms with Crippen molar-refractivity contribution in [1.82, 2.24) is 10.2 Å². The van der Waals surface area contributed by atoms with E-state index in [-0.39, 0.29) is 5.69 Å². The molecule has 1 N–H and O–H groups in total. The van der Waals surface area contributed by atoms with E-state index in [0.29, 0.717) is 5.69 Å². The smallest absolute Gasteiger partial charge is 0.275 e. The van der Waals surface area contributed by atoms with Crippen LogP contribution in [0.15, 0.2) is 6.20 Å². The molecule has 0 radical (unpaired) electrons. The Morgan fingerprint density at radius 2 is 2.29 bits per heavy atom. The van der Waals surface area contributed by atoms with Crippen molar-refractivity contribution in [3.8, 4) is 0 Å². The highest BCUT2D eigenvalue weighted by atomic mass is 16.6. The van der Waals surface area contributed by atoms with Crippen LogP contribution in [0.2, 0.25) is 0 Å². The zero-order chi connectivity index (χ0) is 10.4. The van der Waals surface area contributed by atoms with E-state index in [1.54, 1.807) is 0 Å². The second-order valence-electron chi connectivity index (χ2n) is 3.30. The molecule has 0 aliphatic rings. The van der Waals surface area contributed by atoms with Crippen molar-refractivity contribution in [3.63, 3.8) is 0 Å². The van der Waals surface area contributed by atoms with Gasteiger partial charge in [-0.25, -0.2) is 0 Å². The molecule has 14 heavy (non-hydrogen) atoms. The standard InChI is InChI=1S/C9H15N3O2/c1-2-3-4-5-6-8-9(12(13)14)7-10-11-8/h7H,2-6H2,1H3,(H,10,11). The summed E-state index contributed by atoms with van der Waals surface area (Å²) >= 11 is 0. The first-order valence-electron chi connectivity index (χ1n) is 4.92. The monoisotopic (exact) mass is 197 g/mol. The fourth-order valence-electron chi connectivity index (χ4n) is 1.38. The molecule has 0 spiro atoms. The highest BCUT2D eigenvalue weighted by molar-refractivity contribution is 5.31. The van der Waals surface area contributed by atoms with E-state index in [0.717, 1.165) is 19.3 Å². The molecule has 0 unspecified atom stereocenters. The van der Waals surface area contributed by atoms with Crippen LogP contribution in [0.25, 0.3) is 0 Å². The van der Waals surface area contributed by atoms with Crippen LogP contribution in [0.4, 0.5) is 5.69 Å². The van der Waals surface area contributed by atoms with Crippen LogP contribution in [-0.2, 0) is 6.42 Å². The molecule has 5 nitrogen and oxygen atoms in total. The van der Waals surface area contributed by atoms with E-state index in [2.05, 4.69) is 17.1 Å². The van der Waals surface area contributed by atoms with Crippen LogP contribution < -0.4 is 0 Å². The minimum absolute atomic E-state index is 0.112. The van der Waals surface area contributed by atoms with Crippen molar-refractivity contribution >= 4 is 5.69 Å². The Morgan fingerprint density at radius 3 is 2.93 bits per heavy atom. The average Bonchev–Trinajstić information content (AvgIpc) is 2.60. The number of hydrogen-bond donors (Lipinski definition) is 1. The number of aromatic amines is 1. The molecule has 1 aromatic heterocycles. The third-order valence-electron chi connectivity index (χ3n) is 2.17. The number of H-pyrrole nitrogens is 1. The van der Waals surface area contributed by atoms with E-state index in [4.69, 9.17) is 0 Å². The lowest BCUT2D eigenvalue weighted by Gasteiger charge is -1.97. The van der Waals surface area contributed by atoms with Crippen molar-refractivity contribution in [3.05, 3.63) is 22.0 Å². The summed E-state index contributed by atoms with van der Waals surface area (Å²) in [5, 5.41) is 16.9. The van der Waals surface area contributed by atoms with Gasteiger partial charge in [0.05, 0.1) is 4.92 Å². The molecule has 0 aliphatic carbocycles. The summed E-state index contributed by atoms with van der Waals surface area (Å²) in [4.78, 5) is 10.1. The fraction of sp³-hybridized carbons (Fsp3) is 0.667. The largest absolute Gasteiger partial charge is 0.309 e. The van der Waals surface area contributed by atoms with E-state index in [1.807, 2.05) is 0 Å². The van der Waals surface area contributed by atoms with Gasteiger partial charge >= 0.3 is 5.69 Å². The minimum Gasteiger partial charge on any atom is -0.275 e. The second kappa shape index (κ2) is 5.36. The first-order chi connectivity index (χ1) is 6.75. The highest BCUT2D eigenvalue weighted by Gasteiger charge is 2.14. The van der Waals surface area contributed by atoms with Crippen molar-refractivity contribution in [1.29, 1.82) is 0 Å². The van der Waals surface area contributed by atoms with Crippen LogP contribution in [-0.4, -0.2) is 15.1 Å². The molecule has 0 fully saturated rings. The molecule has 1 aromatic rings. The maximum atomic E-state index is 10.5. The molecule has 0 aliphatic heterocycles. The number of aromatic nitrogens is 2. The summed E-state index contributed by atoms with van der Waals surface area (Å²) in [5.41, 5.74) is 0.757. The van der Waals surface area contributed by atoms with Crippen molar-refractivity contribution in [2.45, 2.75) is 39.0 Å². The number of nitrogens with one attached hydrogen (secondary N) is 1. The Bertz CT molecular complexity index is 296. The number of nitrogens with zero attached hydrogens (tertiary/aromatic N) is 2. The van der Waals surface area contributed by atoms with Crippen LogP contribution in [0.3, 0.4) is 0 Å². The molecular weight excluding hydrogens is 182 g/mol. The van der Waals surface area contributed by atoms with Crippen molar-refractivity contribution < 1.29 is 4.92 Å². The lowest BCUT2D eigenvalue weighted by Crippen LogP contribution is -1.93. The summed E-state index contributed by atoms with van der Waals surface area (Å²) < 4.78 is 0. The van der Waals surface area contributed by atoms with Crippen LogP contribution in [0.5, 0.6) is 0 Å². The van der Waals surface area contributed by atoms with Gasteiger partial charge in [0.15, 0.2) is 0 Å². The quantitative estimate of drug-likeness (QED) is 0.432. The summed E-state index contributed by atoms with van der Waals surface area (Å²) in [6, 6.07) is 0. The Balaban J connectivity index is 2.42. The van der Waals surface area contributed by atoms with E-state index >= 15 is 0 Å². The summed E-state index contributed by atoms with van der Waals surface area (Å²) in [7, 11) is 0. The van der Waals surface area contributed by atoms with Gasteiger partial charge in [-0.3, -0.25) is 15.2 Å². The minimum atomic E-state index is -0.390. The fourth-order valence-corrected chi connectivity index (χ4v) is 1.38. The van der Waals surface area contributed by atoms with E-state index in [9.17, 15) is 10.1 Å². The molecule has 0 aromatic carbocycles. The number of hydrogen-bond acceptors (Lipinski definition) is 3. The summed E-state index contributed by atoms with van der Waals surface area (Å²) in [6.07, 6.45) is 6.45. The molecule has 0 saturated carbocycles. The Hall–Kier alpha value is -1.39. The van der Waals surface area contributed by atoms with Gasteiger partial charge in [-0.15, -0.1) is 0 Å². The molecule has 0 bridgehead atoms. The summed E-state index contributed by atoms with van der Waals surface area (Å²) in [5.74, 6) is 0. The van der Waals surface area contributed by atoms with Gasteiger partial charge in [-0.05, 0) is 12.8 Å². The van der Waals surface area contributed by atoms with Crippen molar-refractivity contribution in [2.75, 3.05) is 0 Å². The average molecular weight is 197 g/mol. The summed E-state index contributed by atoms with van der Waals surface area (Å²) in [6.45, 7) is 2.14. The number of nitro groups is 1. The van der Waals surface area contributed by atoms with Gasteiger partial charge in [0.2, 0.25) is 0 Å². The lowest BCUT2D eigenvalue weighted by molar-refractivity contribution is -0.385. The topological polar surface area (TPSA) is 71.8 Å².